The van der Waals surface area contributed by atoms with Crippen molar-refractivity contribution < 1.29 is 40.9 Å². The molecule has 36 heavy (non-hydrogen) atoms. The molecule has 2 aliphatic heterocycles. The van der Waals surface area contributed by atoms with Crippen molar-refractivity contribution in [2.75, 3.05) is 38.3 Å². The highest BCUT2D eigenvalue weighted by Gasteiger charge is 2.48. The van der Waals surface area contributed by atoms with Gasteiger partial charge >= 0.3 is 12.4 Å². The van der Waals surface area contributed by atoms with E-state index in [1.165, 1.54) is 29.2 Å². The molecule has 0 spiro atoms. The molecule has 8 nitrogen and oxygen atoms in total. The Bertz CT molecular complexity index is 1070. The number of morpholine rings is 1. The molecule has 1 aromatic carbocycles. The fourth-order valence-electron chi connectivity index (χ4n) is 3.78. The number of aliphatic hydroxyl groups is 1. The Morgan fingerprint density at radius 3 is 2.31 bits per heavy atom. The number of rotatable bonds is 6. The number of anilines is 1. The van der Waals surface area contributed by atoms with Gasteiger partial charge in [0.05, 0.1) is 13.2 Å². The van der Waals surface area contributed by atoms with Crippen LogP contribution in [0.15, 0.2) is 47.6 Å². The van der Waals surface area contributed by atoms with Crippen molar-refractivity contribution in [2.24, 2.45) is 5.10 Å². The third-order valence-corrected chi connectivity index (χ3v) is 5.62. The van der Waals surface area contributed by atoms with Crippen molar-refractivity contribution in [3.05, 3.63) is 59.3 Å². The normalized spacial score (nSPS) is 20.2. The lowest BCUT2D eigenvalue weighted by atomic mass is 10.1. The fourth-order valence-corrected chi connectivity index (χ4v) is 3.78. The van der Waals surface area contributed by atoms with E-state index in [0.717, 1.165) is 13.1 Å². The number of hydrazone groups is 1. The fraction of sp³-hybridized carbons (Fsp3) is 0.455. The van der Waals surface area contributed by atoms with Crippen molar-refractivity contribution in [2.45, 2.75) is 31.5 Å². The molecule has 2 aliphatic rings. The lowest BCUT2D eigenvalue weighted by molar-refractivity contribution is -0.230. The SMILES string of the molecule is CN1N=C(c2ccc(CN(c3cccc(C(F)(F)F)n3)C(O)N3CCOCC3)cc2)OC1C(F)(F)F. The molecule has 4 rings (SSSR count). The number of alkyl halides is 6. The van der Waals surface area contributed by atoms with E-state index in [0.29, 0.717) is 36.9 Å². The van der Waals surface area contributed by atoms with Crippen LogP contribution in [0.25, 0.3) is 0 Å². The second kappa shape index (κ2) is 10.1. The molecule has 2 unspecified atom stereocenters. The standard InChI is InChI=1S/C22H23F6N5O3/c1-31-19(22(26,27)28)36-18(30-31)15-7-5-14(6-8-15)13-33(20(34)32-9-11-35-12-10-32)17-4-2-3-16(29-17)21(23,24)25/h2-8,19-20,34H,9-13H2,1H3. The molecule has 0 amide bonds. The summed E-state index contributed by atoms with van der Waals surface area (Å²) in [5, 5.41) is 15.5. The molecule has 2 atom stereocenters. The van der Waals surface area contributed by atoms with Gasteiger partial charge in [-0.3, -0.25) is 4.90 Å². The van der Waals surface area contributed by atoms with Crippen molar-refractivity contribution in [3.8, 4) is 0 Å². The summed E-state index contributed by atoms with van der Waals surface area (Å²) in [4.78, 5) is 6.67. The Balaban J connectivity index is 1.57. The zero-order valence-electron chi connectivity index (χ0n) is 19.0. The second-order valence-electron chi connectivity index (χ2n) is 8.19. The smallest absolute Gasteiger partial charge is 0.441 e. The van der Waals surface area contributed by atoms with Gasteiger partial charge < -0.3 is 19.5 Å². The monoisotopic (exact) mass is 519 g/mol. The summed E-state index contributed by atoms with van der Waals surface area (Å²) in [5.74, 6) is -0.304. The number of aliphatic hydroxyl groups excluding tert-OH is 1. The van der Waals surface area contributed by atoms with Gasteiger partial charge in [0, 0.05) is 32.2 Å². The predicted octanol–water partition coefficient (Wildman–Crippen LogP) is 3.23. The molecule has 1 saturated heterocycles. The van der Waals surface area contributed by atoms with Gasteiger partial charge in [-0.05, 0) is 29.8 Å². The number of pyridine rings is 1. The third kappa shape index (κ3) is 5.82. The first-order valence-electron chi connectivity index (χ1n) is 10.9. The summed E-state index contributed by atoms with van der Waals surface area (Å²) >= 11 is 0. The number of hydrogen-bond acceptors (Lipinski definition) is 8. The van der Waals surface area contributed by atoms with Crippen molar-refractivity contribution in [1.82, 2.24) is 14.9 Å². The number of ether oxygens (including phenoxy) is 2. The summed E-state index contributed by atoms with van der Waals surface area (Å²) in [6.45, 7) is 1.39. The first-order valence-corrected chi connectivity index (χ1v) is 10.9. The van der Waals surface area contributed by atoms with Crippen LogP contribution in [0.4, 0.5) is 32.2 Å². The largest absolute Gasteiger partial charge is 0.447 e. The lowest BCUT2D eigenvalue weighted by Crippen LogP contribution is -2.52. The number of hydrogen-bond donors (Lipinski definition) is 1. The Morgan fingerprint density at radius 1 is 1.06 bits per heavy atom. The first kappa shape index (κ1) is 26.0. The molecule has 196 valence electrons. The molecule has 1 aromatic heterocycles. The van der Waals surface area contributed by atoms with Crippen LogP contribution in [0.3, 0.4) is 0 Å². The molecular formula is C22H23F6N5O3. The molecule has 3 heterocycles. The van der Waals surface area contributed by atoms with Crippen LogP contribution in [-0.4, -0.2) is 78.0 Å². The molecule has 0 bridgehead atoms. The Hall–Kier alpha value is -3.10. The number of halogens is 6. The van der Waals surface area contributed by atoms with Gasteiger partial charge in [-0.15, -0.1) is 5.10 Å². The van der Waals surface area contributed by atoms with Gasteiger partial charge in [0.25, 0.3) is 6.23 Å². The zero-order valence-corrected chi connectivity index (χ0v) is 19.0. The second-order valence-corrected chi connectivity index (χ2v) is 8.19. The summed E-state index contributed by atoms with van der Waals surface area (Å²) in [5.41, 5.74) is -0.256. The quantitative estimate of drug-likeness (QED) is 0.464. The van der Waals surface area contributed by atoms with E-state index in [9.17, 15) is 31.4 Å². The van der Waals surface area contributed by atoms with Crippen LogP contribution in [0, 0.1) is 0 Å². The maximum atomic E-state index is 13.3. The number of aromatic nitrogens is 1. The van der Waals surface area contributed by atoms with Crippen LogP contribution in [0.2, 0.25) is 0 Å². The van der Waals surface area contributed by atoms with E-state index < -0.39 is 30.6 Å². The van der Waals surface area contributed by atoms with E-state index in [1.807, 2.05) is 0 Å². The maximum absolute atomic E-state index is 13.3. The highest BCUT2D eigenvalue weighted by molar-refractivity contribution is 5.94. The van der Waals surface area contributed by atoms with Gasteiger partial charge in [0.15, 0.2) is 6.35 Å². The van der Waals surface area contributed by atoms with E-state index in [-0.39, 0.29) is 23.8 Å². The van der Waals surface area contributed by atoms with Crippen LogP contribution in [-0.2, 0) is 22.2 Å². The molecule has 1 fully saturated rings. The summed E-state index contributed by atoms with van der Waals surface area (Å²) in [7, 11) is 1.15. The summed E-state index contributed by atoms with van der Waals surface area (Å²) in [6.07, 6.45) is -12.8. The topological polar surface area (TPSA) is 73.7 Å². The molecule has 0 radical (unpaired) electrons. The van der Waals surface area contributed by atoms with Gasteiger partial charge in [-0.1, -0.05) is 18.2 Å². The number of benzene rings is 1. The Kier molecular flexibility index (Phi) is 7.29. The minimum Gasteiger partial charge on any atom is -0.441 e. The third-order valence-electron chi connectivity index (χ3n) is 5.62. The van der Waals surface area contributed by atoms with Crippen LogP contribution < -0.4 is 4.90 Å². The van der Waals surface area contributed by atoms with Gasteiger partial charge in [-0.2, -0.15) is 26.3 Å². The molecule has 1 N–H and O–H groups in total. The van der Waals surface area contributed by atoms with Gasteiger partial charge in [0.1, 0.15) is 11.5 Å². The Morgan fingerprint density at radius 2 is 1.72 bits per heavy atom. The predicted molar refractivity (Wildman–Crippen MR) is 115 cm³/mol. The minimum absolute atomic E-state index is 0.0362. The maximum Gasteiger partial charge on any atom is 0.447 e. The lowest BCUT2D eigenvalue weighted by Gasteiger charge is -2.38. The summed E-state index contributed by atoms with van der Waals surface area (Å²) < 4.78 is 89.2. The van der Waals surface area contributed by atoms with Crippen molar-refractivity contribution in [1.29, 1.82) is 0 Å². The van der Waals surface area contributed by atoms with Crippen molar-refractivity contribution in [3.63, 3.8) is 0 Å². The molecule has 2 aromatic rings. The Labute approximate surface area is 202 Å². The average Bonchev–Trinajstić information content (AvgIpc) is 3.25. The summed E-state index contributed by atoms with van der Waals surface area (Å²) in [6, 6.07) is 9.51. The van der Waals surface area contributed by atoms with Gasteiger partial charge in [0.2, 0.25) is 5.90 Å². The molecule has 14 heteroatoms. The average molecular weight is 519 g/mol. The van der Waals surface area contributed by atoms with E-state index >= 15 is 0 Å². The highest BCUT2D eigenvalue weighted by atomic mass is 19.4. The molecule has 0 aliphatic carbocycles. The van der Waals surface area contributed by atoms with Crippen LogP contribution in [0.5, 0.6) is 0 Å². The highest BCUT2D eigenvalue weighted by Crippen LogP contribution is 2.31. The zero-order chi connectivity index (χ0) is 26.1. The van der Waals surface area contributed by atoms with Crippen molar-refractivity contribution >= 4 is 11.7 Å². The van der Waals surface area contributed by atoms with E-state index in [2.05, 4.69) is 10.1 Å². The molecular weight excluding hydrogens is 496 g/mol. The van der Waals surface area contributed by atoms with E-state index in [1.54, 1.807) is 17.0 Å². The van der Waals surface area contributed by atoms with Crippen LogP contribution >= 0.6 is 0 Å². The molecule has 0 saturated carbocycles. The number of nitrogens with zero attached hydrogens (tertiary/aromatic N) is 5. The van der Waals surface area contributed by atoms with E-state index in [4.69, 9.17) is 9.47 Å². The minimum atomic E-state index is -4.67. The van der Waals surface area contributed by atoms with Crippen LogP contribution in [0.1, 0.15) is 16.8 Å². The first-order chi connectivity index (χ1) is 16.9. The van der Waals surface area contributed by atoms with Gasteiger partial charge in [-0.25, -0.2) is 9.99 Å².